The molecular formula is C17H27BrN2O3. The smallest absolute Gasteiger partial charge is 0.226 e. The van der Waals surface area contributed by atoms with Gasteiger partial charge in [0.15, 0.2) is 0 Å². The molecule has 0 aliphatic carbocycles. The Kier molecular flexibility index (Phi) is 7.35. The first kappa shape index (κ1) is 19.8. The molecule has 5 nitrogen and oxygen atoms in total. The number of halogens is 1. The van der Waals surface area contributed by atoms with Crippen LogP contribution >= 0.6 is 15.9 Å². The summed E-state index contributed by atoms with van der Waals surface area (Å²) in [5.74, 6) is 1.61. The van der Waals surface area contributed by atoms with Gasteiger partial charge in [0.25, 0.3) is 0 Å². The van der Waals surface area contributed by atoms with Gasteiger partial charge in [-0.25, -0.2) is 0 Å². The lowest BCUT2D eigenvalue weighted by Gasteiger charge is -2.22. The molecule has 0 aliphatic rings. The van der Waals surface area contributed by atoms with Gasteiger partial charge >= 0.3 is 0 Å². The van der Waals surface area contributed by atoms with Crippen molar-refractivity contribution in [3.63, 3.8) is 0 Å². The van der Waals surface area contributed by atoms with Gasteiger partial charge in [-0.05, 0) is 47.0 Å². The largest absolute Gasteiger partial charge is 0.496 e. The number of amides is 1. The molecule has 0 fully saturated rings. The molecule has 23 heavy (non-hydrogen) atoms. The number of nitrogens with one attached hydrogen (secondary N) is 2. The third kappa shape index (κ3) is 6.03. The zero-order chi connectivity index (χ0) is 17.6. The van der Waals surface area contributed by atoms with E-state index in [-0.39, 0.29) is 12.1 Å². The van der Waals surface area contributed by atoms with Crippen molar-refractivity contribution >= 4 is 21.8 Å². The van der Waals surface area contributed by atoms with E-state index >= 15 is 0 Å². The van der Waals surface area contributed by atoms with Crippen LogP contribution in [0.25, 0.3) is 0 Å². The molecule has 2 N–H and O–H groups in total. The van der Waals surface area contributed by atoms with E-state index in [4.69, 9.17) is 9.47 Å². The predicted octanol–water partition coefficient (Wildman–Crippen LogP) is 3.11. The first-order chi connectivity index (χ1) is 10.7. The minimum atomic E-state index is -0.391. The summed E-state index contributed by atoms with van der Waals surface area (Å²) in [7, 11) is 3.29. The van der Waals surface area contributed by atoms with Gasteiger partial charge < -0.3 is 14.8 Å². The third-order valence-corrected chi connectivity index (χ3v) is 4.05. The maximum atomic E-state index is 11.9. The van der Waals surface area contributed by atoms with Gasteiger partial charge in [0.2, 0.25) is 5.91 Å². The topological polar surface area (TPSA) is 59.6 Å². The molecule has 1 rings (SSSR count). The standard InChI is InChI=1S/C17H27BrN2O3/c1-11(20-16(21)17(2,3)4)19-8-7-12-9-15(23-6)13(18)10-14(12)22-5/h9-11,19H,7-8H2,1-6H3,(H,20,21). The van der Waals surface area contributed by atoms with Crippen LogP contribution in [-0.4, -0.2) is 32.8 Å². The van der Waals surface area contributed by atoms with Gasteiger partial charge in [-0.15, -0.1) is 0 Å². The molecule has 0 saturated carbocycles. The first-order valence-corrected chi connectivity index (χ1v) is 8.43. The van der Waals surface area contributed by atoms with Crippen molar-refractivity contribution < 1.29 is 14.3 Å². The van der Waals surface area contributed by atoms with E-state index < -0.39 is 5.41 Å². The number of ether oxygens (including phenoxy) is 2. The lowest BCUT2D eigenvalue weighted by atomic mass is 9.95. The van der Waals surface area contributed by atoms with Crippen molar-refractivity contribution in [1.82, 2.24) is 10.6 Å². The van der Waals surface area contributed by atoms with Crippen LogP contribution < -0.4 is 20.1 Å². The highest BCUT2D eigenvalue weighted by Crippen LogP contribution is 2.32. The van der Waals surface area contributed by atoms with E-state index in [0.29, 0.717) is 6.54 Å². The molecule has 130 valence electrons. The minimum Gasteiger partial charge on any atom is -0.496 e. The van der Waals surface area contributed by atoms with Crippen molar-refractivity contribution in [2.24, 2.45) is 5.41 Å². The SMILES string of the molecule is COc1cc(CCNC(C)NC(=O)C(C)(C)C)c(OC)cc1Br. The number of hydrogen-bond acceptors (Lipinski definition) is 4. The van der Waals surface area contributed by atoms with Crippen LogP contribution in [0.3, 0.4) is 0 Å². The van der Waals surface area contributed by atoms with E-state index in [2.05, 4.69) is 26.6 Å². The van der Waals surface area contributed by atoms with Crippen LogP contribution in [0.5, 0.6) is 11.5 Å². The Bertz CT molecular complexity index is 541. The van der Waals surface area contributed by atoms with Crippen molar-refractivity contribution in [3.8, 4) is 11.5 Å². The Balaban J connectivity index is 2.60. The Morgan fingerprint density at radius 1 is 1.22 bits per heavy atom. The molecule has 0 bridgehead atoms. The molecule has 0 saturated heterocycles. The maximum absolute atomic E-state index is 11.9. The second-order valence-corrected chi connectivity index (χ2v) is 7.30. The van der Waals surface area contributed by atoms with Gasteiger partial charge in [-0.3, -0.25) is 10.1 Å². The molecule has 1 atom stereocenters. The van der Waals surface area contributed by atoms with E-state index in [1.165, 1.54) is 0 Å². The molecule has 1 amide bonds. The predicted molar refractivity (Wildman–Crippen MR) is 96.0 cm³/mol. The van der Waals surface area contributed by atoms with E-state index in [9.17, 15) is 4.79 Å². The Morgan fingerprint density at radius 2 is 1.83 bits per heavy atom. The summed E-state index contributed by atoms with van der Waals surface area (Å²) in [4.78, 5) is 11.9. The fraction of sp³-hybridized carbons (Fsp3) is 0.588. The van der Waals surface area contributed by atoms with Crippen LogP contribution in [0.2, 0.25) is 0 Å². The molecule has 0 aliphatic heterocycles. The van der Waals surface area contributed by atoms with E-state index in [0.717, 1.165) is 28.0 Å². The Morgan fingerprint density at radius 3 is 2.35 bits per heavy atom. The van der Waals surface area contributed by atoms with E-state index in [1.807, 2.05) is 39.8 Å². The van der Waals surface area contributed by atoms with Gasteiger partial charge in [-0.1, -0.05) is 20.8 Å². The van der Waals surface area contributed by atoms with Gasteiger partial charge in [-0.2, -0.15) is 0 Å². The average molecular weight is 387 g/mol. The van der Waals surface area contributed by atoms with Crippen molar-refractivity contribution in [3.05, 3.63) is 22.2 Å². The summed E-state index contributed by atoms with van der Waals surface area (Å²) >= 11 is 3.45. The number of methoxy groups -OCH3 is 2. The fourth-order valence-electron chi connectivity index (χ4n) is 2.01. The van der Waals surface area contributed by atoms with Crippen molar-refractivity contribution in [1.29, 1.82) is 0 Å². The second kappa shape index (κ2) is 8.55. The molecule has 0 aromatic heterocycles. The monoisotopic (exact) mass is 386 g/mol. The van der Waals surface area contributed by atoms with E-state index in [1.54, 1.807) is 14.2 Å². The lowest BCUT2D eigenvalue weighted by Crippen LogP contribution is -2.47. The summed E-state index contributed by atoms with van der Waals surface area (Å²) in [6.45, 7) is 8.34. The van der Waals surface area contributed by atoms with Crippen molar-refractivity contribution in [2.45, 2.75) is 40.3 Å². The van der Waals surface area contributed by atoms with Crippen molar-refractivity contribution in [2.75, 3.05) is 20.8 Å². The number of benzene rings is 1. The van der Waals surface area contributed by atoms with Gasteiger partial charge in [0.1, 0.15) is 11.5 Å². The Labute approximate surface area is 147 Å². The second-order valence-electron chi connectivity index (χ2n) is 6.45. The summed E-state index contributed by atoms with van der Waals surface area (Å²) in [5, 5.41) is 6.25. The molecule has 1 aromatic carbocycles. The number of carbonyl (C=O) groups is 1. The van der Waals surface area contributed by atoms with Crippen LogP contribution in [0.15, 0.2) is 16.6 Å². The zero-order valence-electron chi connectivity index (χ0n) is 14.7. The summed E-state index contributed by atoms with van der Waals surface area (Å²) < 4.78 is 11.6. The van der Waals surface area contributed by atoms with Crippen LogP contribution in [0.4, 0.5) is 0 Å². The minimum absolute atomic E-state index is 0.0281. The maximum Gasteiger partial charge on any atom is 0.226 e. The third-order valence-electron chi connectivity index (χ3n) is 3.43. The summed E-state index contributed by atoms with van der Waals surface area (Å²) in [6, 6.07) is 3.86. The highest BCUT2D eigenvalue weighted by atomic mass is 79.9. The number of hydrogen-bond donors (Lipinski definition) is 2. The molecule has 0 heterocycles. The highest BCUT2D eigenvalue weighted by molar-refractivity contribution is 9.10. The number of rotatable bonds is 7. The average Bonchev–Trinajstić information content (AvgIpc) is 2.47. The summed E-state index contributed by atoms with van der Waals surface area (Å²) in [5.41, 5.74) is 0.660. The quantitative estimate of drug-likeness (QED) is 0.706. The molecule has 1 unspecified atom stereocenters. The van der Waals surface area contributed by atoms with Crippen LogP contribution in [0, 0.1) is 5.41 Å². The van der Waals surface area contributed by atoms with Crippen LogP contribution in [-0.2, 0) is 11.2 Å². The lowest BCUT2D eigenvalue weighted by molar-refractivity contribution is -0.129. The molecular weight excluding hydrogens is 360 g/mol. The molecule has 6 heteroatoms. The van der Waals surface area contributed by atoms with Gasteiger partial charge in [0, 0.05) is 12.0 Å². The zero-order valence-corrected chi connectivity index (χ0v) is 16.3. The molecule has 0 radical (unpaired) electrons. The van der Waals surface area contributed by atoms with Gasteiger partial charge in [0.05, 0.1) is 24.9 Å². The number of carbonyl (C=O) groups excluding carboxylic acids is 1. The fourth-order valence-corrected chi connectivity index (χ4v) is 2.49. The normalized spacial score (nSPS) is 12.7. The molecule has 0 spiro atoms. The molecule has 1 aromatic rings. The van der Waals surface area contributed by atoms with Crippen LogP contribution in [0.1, 0.15) is 33.3 Å². The Hall–Kier alpha value is -1.27. The highest BCUT2D eigenvalue weighted by Gasteiger charge is 2.22. The first-order valence-electron chi connectivity index (χ1n) is 7.63. The summed E-state index contributed by atoms with van der Waals surface area (Å²) in [6.07, 6.45) is 0.674.